The summed E-state index contributed by atoms with van der Waals surface area (Å²) >= 11 is 0. The minimum Gasteiger partial charge on any atom is -0.397 e. The fraction of sp³-hybridized carbons (Fsp3) is 0.182. The molecule has 7 N–H and O–H groups in total. The lowest BCUT2D eigenvalue weighted by Gasteiger charge is -2.12. The Morgan fingerprint density at radius 3 is 2.71 bits per heavy atom. The first-order chi connectivity index (χ1) is 8.04. The van der Waals surface area contributed by atoms with E-state index in [1.54, 1.807) is 31.4 Å². The maximum Gasteiger partial charge on any atom is 0.238 e. The van der Waals surface area contributed by atoms with Crippen LogP contribution in [0.4, 0.5) is 5.69 Å². The molecule has 0 atom stereocenters. The highest BCUT2D eigenvalue weighted by molar-refractivity contribution is 5.95. The molecule has 0 heterocycles. The number of benzene rings is 1. The number of hydrogen-bond donors (Lipinski definition) is 4. The van der Waals surface area contributed by atoms with E-state index in [0.717, 1.165) is 0 Å². The maximum atomic E-state index is 11.2. The van der Waals surface area contributed by atoms with Crippen LogP contribution in [0.3, 0.4) is 0 Å². The summed E-state index contributed by atoms with van der Waals surface area (Å²) in [4.78, 5) is 11.2. The van der Waals surface area contributed by atoms with E-state index in [1.807, 2.05) is 6.07 Å². The van der Waals surface area contributed by atoms with Crippen molar-refractivity contribution < 1.29 is 4.79 Å². The summed E-state index contributed by atoms with van der Waals surface area (Å²) in [5, 5.41) is 4.01. The summed E-state index contributed by atoms with van der Waals surface area (Å²) in [6.07, 6.45) is 1.56. The molecule has 1 aromatic carbocycles. The third-order valence-electron chi connectivity index (χ3n) is 2.04. The molecule has 0 fully saturated rings. The van der Waals surface area contributed by atoms with Gasteiger partial charge in [-0.2, -0.15) is 0 Å². The Morgan fingerprint density at radius 1 is 1.47 bits per heavy atom. The lowest BCUT2D eigenvalue weighted by Crippen LogP contribution is -2.23. The van der Waals surface area contributed by atoms with Crippen LogP contribution in [0.1, 0.15) is 5.56 Å². The summed E-state index contributed by atoms with van der Waals surface area (Å²) in [6, 6.07) is 7.17. The molecule has 0 aliphatic rings. The van der Waals surface area contributed by atoms with Gasteiger partial charge in [-0.1, -0.05) is 18.2 Å². The fourth-order valence-electron chi connectivity index (χ4n) is 1.33. The van der Waals surface area contributed by atoms with Crippen LogP contribution in [0.15, 0.2) is 30.5 Å². The predicted molar refractivity (Wildman–Crippen MR) is 68.2 cm³/mol. The highest BCUT2D eigenvalue weighted by atomic mass is 16.1. The number of anilines is 1. The monoisotopic (exact) mass is 235 g/mol. The number of rotatable bonds is 4. The first kappa shape index (κ1) is 13.0. The first-order valence-electron chi connectivity index (χ1n) is 5.08. The summed E-state index contributed by atoms with van der Waals surface area (Å²) in [6.45, 7) is -0.0747. The number of carbonyl (C=O) groups is 1. The molecule has 0 saturated heterocycles. The van der Waals surface area contributed by atoms with Gasteiger partial charge in [0.05, 0.1) is 17.9 Å². The number of nitrogens with one attached hydrogen (secondary N) is 1. The van der Waals surface area contributed by atoms with Gasteiger partial charge in [-0.05, 0) is 6.07 Å². The second-order valence-corrected chi connectivity index (χ2v) is 3.55. The van der Waals surface area contributed by atoms with Crippen molar-refractivity contribution in [2.45, 2.75) is 0 Å². The molecule has 0 aromatic heterocycles. The Kier molecular flexibility index (Phi) is 4.50. The molecule has 0 aliphatic heterocycles. The molecule has 0 unspecified atom stereocenters. The average molecular weight is 235 g/mol. The van der Waals surface area contributed by atoms with E-state index < -0.39 is 0 Å². The molecule has 92 valence electrons. The van der Waals surface area contributed by atoms with Gasteiger partial charge in [0.1, 0.15) is 0 Å². The highest BCUT2D eigenvalue weighted by Crippen LogP contribution is 2.20. The SMILES string of the molecule is CN(N)/C=C(\N)c1ccccc1NC(=O)CN. The molecule has 0 bridgehead atoms. The Morgan fingerprint density at radius 2 is 2.12 bits per heavy atom. The zero-order chi connectivity index (χ0) is 12.8. The second kappa shape index (κ2) is 5.88. The molecule has 0 spiro atoms. The number of amides is 1. The van der Waals surface area contributed by atoms with Crippen LogP contribution in [-0.2, 0) is 4.79 Å². The van der Waals surface area contributed by atoms with E-state index in [-0.39, 0.29) is 12.5 Å². The smallest absolute Gasteiger partial charge is 0.238 e. The van der Waals surface area contributed by atoms with Gasteiger partial charge in [-0.3, -0.25) is 4.79 Å². The molecule has 6 heteroatoms. The molecule has 17 heavy (non-hydrogen) atoms. The zero-order valence-electron chi connectivity index (χ0n) is 9.68. The molecule has 6 nitrogen and oxygen atoms in total. The van der Waals surface area contributed by atoms with Gasteiger partial charge in [0.15, 0.2) is 0 Å². The van der Waals surface area contributed by atoms with Crippen molar-refractivity contribution in [3.05, 3.63) is 36.0 Å². The van der Waals surface area contributed by atoms with Gasteiger partial charge in [0.25, 0.3) is 0 Å². The first-order valence-corrected chi connectivity index (χ1v) is 5.08. The van der Waals surface area contributed by atoms with Gasteiger partial charge < -0.3 is 21.8 Å². The molecule has 0 radical (unpaired) electrons. The number of hydrazine groups is 1. The second-order valence-electron chi connectivity index (χ2n) is 3.55. The van der Waals surface area contributed by atoms with Crippen LogP contribution < -0.4 is 22.6 Å². The normalized spacial score (nSPS) is 11.1. The van der Waals surface area contributed by atoms with E-state index in [1.165, 1.54) is 5.01 Å². The van der Waals surface area contributed by atoms with Crippen LogP contribution >= 0.6 is 0 Å². The standard InChI is InChI=1S/C11H17N5O/c1-16(14)7-9(13)8-4-2-3-5-10(8)15-11(17)6-12/h2-5,7H,6,12-14H2,1H3,(H,15,17)/b9-7-. The van der Waals surface area contributed by atoms with E-state index >= 15 is 0 Å². The summed E-state index contributed by atoms with van der Waals surface area (Å²) in [5.74, 6) is 5.21. The van der Waals surface area contributed by atoms with Crippen molar-refractivity contribution >= 4 is 17.3 Å². The lowest BCUT2D eigenvalue weighted by atomic mass is 10.1. The van der Waals surface area contributed by atoms with Crippen molar-refractivity contribution in [3.63, 3.8) is 0 Å². The highest BCUT2D eigenvalue weighted by Gasteiger charge is 2.07. The molecule has 0 saturated carbocycles. The van der Waals surface area contributed by atoms with Crippen LogP contribution in [0.2, 0.25) is 0 Å². The number of para-hydroxylation sites is 1. The van der Waals surface area contributed by atoms with Crippen molar-refractivity contribution in [1.82, 2.24) is 5.01 Å². The number of hydrogen-bond acceptors (Lipinski definition) is 5. The van der Waals surface area contributed by atoms with E-state index in [2.05, 4.69) is 5.32 Å². The Hall–Kier alpha value is -2.05. The summed E-state index contributed by atoms with van der Waals surface area (Å²) in [7, 11) is 1.66. The Bertz CT molecular complexity index is 428. The van der Waals surface area contributed by atoms with E-state index in [4.69, 9.17) is 17.3 Å². The Labute approximate surface area is 100 Å². The summed E-state index contributed by atoms with van der Waals surface area (Å²) < 4.78 is 0. The number of nitrogens with zero attached hydrogens (tertiary/aromatic N) is 1. The molecule has 1 amide bonds. The van der Waals surface area contributed by atoms with Crippen molar-refractivity contribution in [3.8, 4) is 0 Å². The molecule has 1 aromatic rings. The quantitative estimate of drug-likeness (QED) is 0.421. The zero-order valence-corrected chi connectivity index (χ0v) is 9.68. The van der Waals surface area contributed by atoms with Gasteiger partial charge in [0.2, 0.25) is 5.91 Å². The van der Waals surface area contributed by atoms with Crippen molar-refractivity contribution in [2.24, 2.45) is 17.3 Å². The van der Waals surface area contributed by atoms with E-state index in [0.29, 0.717) is 16.9 Å². The van der Waals surface area contributed by atoms with Gasteiger partial charge in [0, 0.05) is 18.8 Å². The molecule has 0 aliphatic carbocycles. The number of nitrogens with two attached hydrogens (primary N) is 3. The van der Waals surface area contributed by atoms with E-state index in [9.17, 15) is 4.79 Å². The predicted octanol–water partition coefficient (Wildman–Crippen LogP) is -0.354. The van der Waals surface area contributed by atoms with Crippen LogP contribution in [0.5, 0.6) is 0 Å². The third kappa shape index (κ3) is 3.78. The van der Waals surface area contributed by atoms with Gasteiger partial charge in [-0.15, -0.1) is 0 Å². The lowest BCUT2D eigenvalue weighted by molar-refractivity contribution is -0.114. The minimum absolute atomic E-state index is 0.0747. The van der Waals surface area contributed by atoms with Crippen molar-refractivity contribution in [1.29, 1.82) is 0 Å². The summed E-state index contributed by atoms with van der Waals surface area (Å²) in [5.41, 5.74) is 12.9. The van der Waals surface area contributed by atoms with Gasteiger partial charge >= 0.3 is 0 Å². The average Bonchev–Trinajstić information content (AvgIpc) is 2.28. The Balaban J connectivity index is 3.03. The van der Waals surface area contributed by atoms with Crippen LogP contribution in [0.25, 0.3) is 5.70 Å². The molecular weight excluding hydrogens is 218 g/mol. The van der Waals surface area contributed by atoms with Crippen LogP contribution in [0, 0.1) is 0 Å². The van der Waals surface area contributed by atoms with Crippen molar-refractivity contribution in [2.75, 3.05) is 18.9 Å². The maximum absolute atomic E-state index is 11.2. The van der Waals surface area contributed by atoms with Gasteiger partial charge in [-0.25, -0.2) is 5.84 Å². The molecular formula is C11H17N5O. The van der Waals surface area contributed by atoms with Crippen LogP contribution in [-0.4, -0.2) is 24.5 Å². The number of carbonyl (C=O) groups excluding carboxylic acids is 1. The topological polar surface area (TPSA) is 110 Å². The minimum atomic E-state index is -0.272. The largest absolute Gasteiger partial charge is 0.397 e. The fourth-order valence-corrected chi connectivity index (χ4v) is 1.33. The third-order valence-corrected chi connectivity index (χ3v) is 2.04. The molecule has 1 rings (SSSR count).